The highest BCUT2D eigenvalue weighted by Crippen LogP contribution is 2.37. The summed E-state index contributed by atoms with van der Waals surface area (Å²) >= 11 is 0. The van der Waals surface area contributed by atoms with Gasteiger partial charge in [-0.2, -0.15) is 0 Å². The predicted octanol–water partition coefficient (Wildman–Crippen LogP) is 8.71. The third-order valence-corrected chi connectivity index (χ3v) is 11.9. The molecule has 4 nitrogen and oxygen atoms in total. The van der Waals surface area contributed by atoms with Crippen LogP contribution >= 0.6 is 0 Å². The molecule has 1 amide bonds. The minimum atomic E-state index is -1.90. The van der Waals surface area contributed by atoms with Crippen LogP contribution in [0.4, 0.5) is 4.79 Å². The van der Waals surface area contributed by atoms with Gasteiger partial charge in [-0.15, -0.1) is 0 Å². The average molecular weight is 546 g/mol. The number of hydrogen-bond donors (Lipinski definition) is 1. The van der Waals surface area contributed by atoms with Gasteiger partial charge in [-0.25, -0.2) is 4.79 Å². The minimum Gasteiger partial charge on any atom is -0.444 e. The summed E-state index contributed by atoms with van der Waals surface area (Å²) < 4.78 is 12.3. The van der Waals surface area contributed by atoms with Crippen LogP contribution < -0.4 is 5.32 Å². The number of fused-ring (bicyclic) bond motifs is 1. The molecule has 0 aromatic heterocycles. The minimum absolute atomic E-state index is 0.144. The Morgan fingerprint density at radius 3 is 2.10 bits per heavy atom. The predicted molar refractivity (Wildman–Crippen MR) is 167 cm³/mol. The second kappa shape index (κ2) is 13.0. The van der Waals surface area contributed by atoms with Crippen LogP contribution in [0.3, 0.4) is 0 Å². The summed E-state index contributed by atoms with van der Waals surface area (Å²) in [5.41, 5.74) is 1.88. The van der Waals surface area contributed by atoms with Crippen LogP contribution in [0.5, 0.6) is 0 Å². The molecule has 3 aromatic carbocycles. The summed E-state index contributed by atoms with van der Waals surface area (Å²) in [6.45, 7) is 17.7. The Kier molecular flexibility index (Phi) is 10.2. The second-order valence-corrected chi connectivity index (χ2v) is 17.9. The fourth-order valence-corrected chi connectivity index (χ4v) is 5.23. The molecule has 0 bridgehead atoms. The Morgan fingerprint density at radius 2 is 1.46 bits per heavy atom. The standard InChI is InChI=1S/C34H47NO3Si/c1-33(2,3)38-32(36)35-31(24-27-18-20-29-16-12-13-17-30(29)23-27)21-19-28(22-26-14-10-9-11-15-26)25-37-39(7,8)34(4,5)6/h9-21,23,28,31H,22,24-25H2,1-8H3,(H,35,36)/b21-19+/t28?,31-/m0/s1. The average Bonchev–Trinajstić information content (AvgIpc) is 2.84. The number of nitrogens with one attached hydrogen (secondary N) is 1. The Hall–Kier alpha value is -2.89. The maximum atomic E-state index is 12.8. The second-order valence-electron chi connectivity index (χ2n) is 13.0. The molecular formula is C34H47NO3Si. The van der Waals surface area contributed by atoms with Gasteiger partial charge in [0.15, 0.2) is 8.32 Å². The van der Waals surface area contributed by atoms with Crippen LogP contribution in [0, 0.1) is 5.92 Å². The van der Waals surface area contributed by atoms with Gasteiger partial charge in [0.1, 0.15) is 5.60 Å². The van der Waals surface area contributed by atoms with Gasteiger partial charge in [-0.3, -0.25) is 0 Å². The normalized spacial score (nSPS) is 14.4. The van der Waals surface area contributed by atoms with E-state index in [9.17, 15) is 4.79 Å². The number of carbonyl (C=O) groups excluding carboxylic acids is 1. The summed E-state index contributed by atoms with van der Waals surface area (Å²) in [6, 6.07) is 25.2. The molecule has 1 unspecified atom stereocenters. The van der Waals surface area contributed by atoms with Crippen molar-refractivity contribution in [2.24, 2.45) is 5.92 Å². The molecule has 0 heterocycles. The van der Waals surface area contributed by atoms with E-state index in [1.165, 1.54) is 16.3 Å². The van der Waals surface area contributed by atoms with Gasteiger partial charge in [0.2, 0.25) is 0 Å². The highest BCUT2D eigenvalue weighted by molar-refractivity contribution is 6.74. The van der Waals surface area contributed by atoms with Crippen LogP contribution in [0.2, 0.25) is 18.1 Å². The molecule has 0 saturated carbocycles. The number of ether oxygens (including phenoxy) is 1. The fraction of sp³-hybridized carbons (Fsp3) is 0.441. The van der Waals surface area contributed by atoms with Gasteiger partial charge in [-0.05, 0) is 73.6 Å². The molecule has 0 radical (unpaired) electrons. The molecule has 0 saturated heterocycles. The van der Waals surface area contributed by atoms with Crippen LogP contribution in [0.25, 0.3) is 10.8 Å². The van der Waals surface area contributed by atoms with Gasteiger partial charge < -0.3 is 14.5 Å². The smallest absolute Gasteiger partial charge is 0.408 e. The van der Waals surface area contributed by atoms with Crippen molar-refractivity contribution in [3.05, 3.63) is 96.1 Å². The number of alkyl carbamates (subject to hydrolysis) is 1. The van der Waals surface area contributed by atoms with E-state index in [0.29, 0.717) is 13.0 Å². The van der Waals surface area contributed by atoms with Gasteiger partial charge in [0, 0.05) is 12.5 Å². The Morgan fingerprint density at radius 1 is 0.821 bits per heavy atom. The van der Waals surface area contributed by atoms with E-state index in [4.69, 9.17) is 9.16 Å². The zero-order valence-corrected chi connectivity index (χ0v) is 26.1. The van der Waals surface area contributed by atoms with Gasteiger partial charge in [-0.1, -0.05) is 106 Å². The summed E-state index contributed by atoms with van der Waals surface area (Å²) in [6.07, 6.45) is 5.49. The number of benzene rings is 3. The number of carbonyl (C=O) groups is 1. The van der Waals surface area contributed by atoms with Crippen LogP contribution in [0.1, 0.15) is 52.7 Å². The van der Waals surface area contributed by atoms with Crippen molar-refractivity contribution in [1.29, 1.82) is 0 Å². The van der Waals surface area contributed by atoms with Crippen molar-refractivity contribution >= 4 is 25.2 Å². The molecule has 3 aromatic rings. The van der Waals surface area contributed by atoms with E-state index >= 15 is 0 Å². The van der Waals surface area contributed by atoms with E-state index in [0.717, 1.165) is 12.0 Å². The molecule has 0 fully saturated rings. The maximum absolute atomic E-state index is 12.8. The third kappa shape index (κ3) is 9.98. The first-order chi connectivity index (χ1) is 18.2. The number of hydrogen-bond acceptors (Lipinski definition) is 3. The first-order valence-electron chi connectivity index (χ1n) is 14.1. The molecule has 1 N–H and O–H groups in total. The molecule has 210 valence electrons. The number of rotatable bonds is 10. The van der Waals surface area contributed by atoms with E-state index in [1.807, 2.05) is 26.8 Å². The molecule has 0 aliphatic rings. The van der Waals surface area contributed by atoms with Crippen LogP contribution in [-0.4, -0.2) is 32.7 Å². The molecule has 2 atom stereocenters. The highest BCUT2D eigenvalue weighted by atomic mass is 28.4. The van der Waals surface area contributed by atoms with Crippen molar-refractivity contribution in [2.45, 2.75) is 84.2 Å². The largest absolute Gasteiger partial charge is 0.444 e. The zero-order valence-electron chi connectivity index (χ0n) is 25.1. The zero-order chi connectivity index (χ0) is 28.7. The summed E-state index contributed by atoms with van der Waals surface area (Å²) in [4.78, 5) is 12.8. The third-order valence-electron chi connectivity index (χ3n) is 7.39. The lowest BCUT2D eigenvalue weighted by Crippen LogP contribution is -2.42. The lowest BCUT2D eigenvalue weighted by atomic mass is 9.97. The molecule has 0 aliphatic heterocycles. The Balaban J connectivity index is 1.85. The van der Waals surface area contributed by atoms with Crippen molar-refractivity contribution in [1.82, 2.24) is 5.32 Å². The van der Waals surface area contributed by atoms with E-state index in [1.54, 1.807) is 0 Å². The molecule has 3 rings (SSSR count). The van der Waals surface area contributed by atoms with Crippen molar-refractivity contribution in [2.75, 3.05) is 6.61 Å². The lowest BCUT2D eigenvalue weighted by molar-refractivity contribution is 0.0514. The van der Waals surface area contributed by atoms with Crippen LogP contribution in [0.15, 0.2) is 84.9 Å². The molecule has 5 heteroatoms. The molecule has 0 spiro atoms. The van der Waals surface area contributed by atoms with Crippen LogP contribution in [-0.2, 0) is 22.0 Å². The maximum Gasteiger partial charge on any atom is 0.408 e. The first-order valence-corrected chi connectivity index (χ1v) is 17.0. The topological polar surface area (TPSA) is 47.6 Å². The molecule has 39 heavy (non-hydrogen) atoms. The number of amides is 1. The monoisotopic (exact) mass is 545 g/mol. The first kappa shape index (κ1) is 30.6. The summed E-state index contributed by atoms with van der Waals surface area (Å²) in [5.74, 6) is 0.182. The van der Waals surface area contributed by atoms with Gasteiger partial charge in [0.25, 0.3) is 0 Å². The Labute approximate surface area is 236 Å². The summed E-state index contributed by atoms with van der Waals surface area (Å²) in [5, 5.41) is 5.65. The van der Waals surface area contributed by atoms with E-state index in [-0.39, 0.29) is 17.0 Å². The molecular weight excluding hydrogens is 498 g/mol. The van der Waals surface area contributed by atoms with Gasteiger partial charge in [0.05, 0.1) is 6.04 Å². The van der Waals surface area contributed by atoms with E-state index in [2.05, 4.69) is 118 Å². The Bertz CT molecular complexity index is 1240. The SMILES string of the molecule is CC(C)(C)OC(=O)N[C@@H](/C=C/C(CO[Si](C)(C)C(C)(C)C)Cc1ccccc1)Cc1ccc2ccccc2c1. The van der Waals surface area contributed by atoms with Gasteiger partial charge >= 0.3 is 6.09 Å². The van der Waals surface area contributed by atoms with Crippen molar-refractivity contribution in [3.63, 3.8) is 0 Å². The highest BCUT2D eigenvalue weighted by Gasteiger charge is 2.37. The lowest BCUT2D eigenvalue weighted by Gasteiger charge is -2.37. The van der Waals surface area contributed by atoms with Crippen molar-refractivity contribution in [3.8, 4) is 0 Å². The molecule has 0 aliphatic carbocycles. The fourth-order valence-electron chi connectivity index (χ4n) is 4.17. The van der Waals surface area contributed by atoms with Crippen molar-refractivity contribution < 1.29 is 14.0 Å². The quantitative estimate of drug-likeness (QED) is 0.205. The summed E-state index contributed by atoms with van der Waals surface area (Å²) in [7, 11) is -1.90. The van der Waals surface area contributed by atoms with E-state index < -0.39 is 20.0 Å².